The Morgan fingerprint density at radius 1 is 1.14 bits per heavy atom. The van der Waals surface area contributed by atoms with E-state index < -0.39 is 10.2 Å². The van der Waals surface area contributed by atoms with Crippen LogP contribution in [0.5, 0.6) is 0 Å². The number of carbonyl (C=O) groups excluding carboxylic acids is 1. The number of nitrogens with zero attached hydrogens (tertiary/aromatic N) is 4. The van der Waals surface area contributed by atoms with Gasteiger partial charge in [0, 0.05) is 46.8 Å². The molecule has 164 valence electrons. The van der Waals surface area contributed by atoms with E-state index in [1.165, 1.54) is 18.4 Å². The average Bonchev–Trinajstić information content (AvgIpc) is 2.66. The summed E-state index contributed by atoms with van der Waals surface area (Å²) in [5.74, 6) is -0.297. The SMILES string of the molecule is Cc1ccc(C)c(N(CC(=O)NCCCN2CCN(C)CC2)S(=O)(=O)N(C)C)c1. The molecule has 29 heavy (non-hydrogen) atoms. The highest BCUT2D eigenvalue weighted by atomic mass is 32.2. The zero-order chi connectivity index (χ0) is 21.6. The van der Waals surface area contributed by atoms with E-state index in [1.54, 1.807) is 6.07 Å². The maximum absolute atomic E-state index is 12.9. The molecule has 0 spiro atoms. The third-order valence-electron chi connectivity index (χ3n) is 5.23. The van der Waals surface area contributed by atoms with Gasteiger partial charge in [0.2, 0.25) is 5.91 Å². The van der Waals surface area contributed by atoms with E-state index >= 15 is 0 Å². The summed E-state index contributed by atoms with van der Waals surface area (Å²) in [5, 5.41) is 2.88. The van der Waals surface area contributed by atoms with Gasteiger partial charge in [-0.3, -0.25) is 4.79 Å². The summed E-state index contributed by atoms with van der Waals surface area (Å²) in [7, 11) is 1.29. The molecule has 0 aliphatic carbocycles. The fourth-order valence-corrected chi connectivity index (χ4v) is 4.38. The number of nitrogens with one attached hydrogen (secondary N) is 1. The Morgan fingerprint density at radius 2 is 1.79 bits per heavy atom. The Hall–Kier alpha value is -1.68. The molecule has 1 aromatic carbocycles. The largest absolute Gasteiger partial charge is 0.354 e. The molecule has 0 atom stereocenters. The predicted octanol–water partition coefficient (Wildman–Crippen LogP) is 0.670. The van der Waals surface area contributed by atoms with Crippen LogP contribution < -0.4 is 9.62 Å². The minimum Gasteiger partial charge on any atom is -0.354 e. The van der Waals surface area contributed by atoms with Crippen LogP contribution in [0.25, 0.3) is 0 Å². The van der Waals surface area contributed by atoms with Crippen molar-refractivity contribution in [1.82, 2.24) is 19.4 Å². The number of hydrogen-bond donors (Lipinski definition) is 1. The van der Waals surface area contributed by atoms with Crippen LogP contribution >= 0.6 is 0 Å². The van der Waals surface area contributed by atoms with Crippen molar-refractivity contribution in [1.29, 1.82) is 0 Å². The number of carbonyl (C=O) groups is 1. The fraction of sp³-hybridized carbons (Fsp3) is 0.650. The lowest BCUT2D eigenvalue weighted by molar-refractivity contribution is -0.119. The molecule has 9 heteroatoms. The summed E-state index contributed by atoms with van der Waals surface area (Å²) in [6.07, 6.45) is 0.847. The van der Waals surface area contributed by atoms with Crippen LogP contribution in [0.4, 0.5) is 5.69 Å². The number of anilines is 1. The van der Waals surface area contributed by atoms with Gasteiger partial charge in [-0.05, 0) is 51.1 Å². The number of piperazine rings is 1. The van der Waals surface area contributed by atoms with E-state index in [0.717, 1.165) is 54.6 Å². The fourth-order valence-electron chi connectivity index (χ4n) is 3.26. The molecule has 1 amide bonds. The van der Waals surface area contributed by atoms with Crippen LogP contribution in [-0.2, 0) is 15.0 Å². The van der Waals surface area contributed by atoms with Gasteiger partial charge in [-0.25, -0.2) is 4.31 Å². The number of amides is 1. The third kappa shape index (κ3) is 6.67. The van der Waals surface area contributed by atoms with Gasteiger partial charge in [-0.15, -0.1) is 0 Å². The van der Waals surface area contributed by atoms with Crippen molar-refractivity contribution in [3.8, 4) is 0 Å². The lowest BCUT2D eigenvalue weighted by atomic mass is 10.1. The summed E-state index contributed by atoms with van der Waals surface area (Å²) in [5.41, 5.74) is 2.28. The van der Waals surface area contributed by atoms with Crippen LogP contribution in [0, 0.1) is 13.8 Å². The maximum atomic E-state index is 12.9. The Bertz CT molecular complexity index is 789. The standard InChI is InChI=1S/C20H35N5O3S/c1-17-7-8-18(2)19(15-17)25(29(27,28)22(3)4)16-20(26)21-9-6-10-24-13-11-23(5)12-14-24/h7-8,15H,6,9-14,16H2,1-5H3,(H,21,26). The van der Waals surface area contributed by atoms with Crippen LogP contribution in [0.3, 0.4) is 0 Å². The van der Waals surface area contributed by atoms with Gasteiger partial charge in [-0.1, -0.05) is 12.1 Å². The molecule has 1 fully saturated rings. The number of rotatable bonds is 9. The number of aryl methyl sites for hydroxylation is 2. The van der Waals surface area contributed by atoms with E-state index in [0.29, 0.717) is 12.2 Å². The molecule has 8 nitrogen and oxygen atoms in total. The molecule has 1 aliphatic heterocycles. The Morgan fingerprint density at radius 3 is 2.41 bits per heavy atom. The quantitative estimate of drug-likeness (QED) is 0.589. The first kappa shape index (κ1) is 23.6. The highest BCUT2D eigenvalue weighted by Gasteiger charge is 2.28. The van der Waals surface area contributed by atoms with Gasteiger partial charge in [0.1, 0.15) is 6.54 Å². The Balaban J connectivity index is 1.96. The third-order valence-corrected chi connectivity index (χ3v) is 7.04. The molecular weight excluding hydrogens is 390 g/mol. The molecule has 0 bridgehead atoms. The van der Waals surface area contributed by atoms with Crippen molar-refractivity contribution in [2.75, 3.05) is 71.3 Å². The minimum absolute atomic E-state index is 0.237. The average molecular weight is 426 g/mol. The van der Waals surface area contributed by atoms with Crippen LogP contribution in [0.2, 0.25) is 0 Å². The molecule has 1 heterocycles. The van der Waals surface area contributed by atoms with Gasteiger partial charge < -0.3 is 15.1 Å². The second-order valence-electron chi connectivity index (χ2n) is 7.94. The van der Waals surface area contributed by atoms with Crippen molar-refractivity contribution < 1.29 is 13.2 Å². The molecule has 0 unspecified atom stereocenters. The summed E-state index contributed by atoms with van der Waals surface area (Å²) in [6.45, 7) is 9.22. The molecular formula is C20H35N5O3S. The van der Waals surface area contributed by atoms with Gasteiger partial charge in [-0.2, -0.15) is 12.7 Å². The van der Waals surface area contributed by atoms with Gasteiger partial charge in [0.25, 0.3) is 0 Å². The predicted molar refractivity (Wildman–Crippen MR) is 117 cm³/mol. The lowest BCUT2D eigenvalue weighted by Gasteiger charge is -2.32. The highest BCUT2D eigenvalue weighted by molar-refractivity contribution is 7.90. The van der Waals surface area contributed by atoms with E-state index in [4.69, 9.17) is 0 Å². The molecule has 1 aliphatic rings. The zero-order valence-corrected chi connectivity index (χ0v) is 19.1. The second-order valence-corrected chi connectivity index (χ2v) is 10.0. The molecule has 1 saturated heterocycles. The normalized spacial score (nSPS) is 16.2. The van der Waals surface area contributed by atoms with Crippen molar-refractivity contribution in [3.05, 3.63) is 29.3 Å². The van der Waals surface area contributed by atoms with E-state index in [1.807, 2.05) is 26.0 Å². The second kappa shape index (κ2) is 10.4. The molecule has 1 N–H and O–H groups in total. The summed E-state index contributed by atoms with van der Waals surface area (Å²) < 4.78 is 28.0. The maximum Gasteiger partial charge on any atom is 0.304 e. The monoisotopic (exact) mass is 425 g/mol. The summed E-state index contributed by atoms with van der Waals surface area (Å²) in [4.78, 5) is 17.2. The smallest absolute Gasteiger partial charge is 0.304 e. The number of hydrogen-bond acceptors (Lipinski definition) is 5. The highest BCUT2D eigenvalue weighted by Crippen LogP contribution is 2.25. The molecule has 2 rings (SSSR count). The first-order chi connectivity index (χ1) is 13.6. The number of likely N-dealkylation sites (N-methyl/N-ethyl adjacent to an activating group) is 1. The van der Waals surface area contributed by atoms with E-state index in [9.17, 15) is 13.2 Å². The number of benzene rings is 1. The lowest BCUT2D eigenvalue weighted by Crippen LogP contribution is -2.47. The molecule has 0 saturated carbocycles. The van der Waals surface area contributed by atoms with Crippen LogP contribution in [0.15, 0.2) is 18.2 Å². The van der Waals surface area contributed by atoms with Gasteiger partial charge in [0.05, 0.1) is 5.69 Å². The first-order valence-corrected chi connectivity index (χ1v) is 11.5. The zero-order valence-electron chi connectivity index (χ0n) is 18.3. The van der Waals surface area contributed by atoms with Gasteiger partial charge >= 0.3 is 10.2 Å². The van der Waals surface area contributed by atoms with E-state index in [-0.39, 0.29) is 12.5 Å². The van der Waals surface area contributed by atoms with Crippen molar-refractivity contribution in [2.45, 2.75) is 20.3 Å². The van der Waals surface area contributed by atoms with Gasteiger partial charge in [0.15, 0.2) is 0 Å². The van der Waals surface area contributed by atoms with Crippen LogP contribution in [0.1, 0.15) is 17.5 Å². The molecule has 1 aromatic rings. The van der Waals surface area contributed by atoms with Crippen molar-refractivity contribution >= 4 is 21.8 Å². The summed E-state index contributed by atoms with van der Waals surface area (Å²) >= 11 is 0. The van der Waals surface area contributed by atoms with E-state index in [2.05, 4.69) is 22.2 Å². The molecule has 0 radical (unpaired) electrons. The van der Waals surface area contributed by atoms with Crippen molar-refractivity contribution in [3.63, 3.8) is 0 Å². The Labute approximate surface area is 175 Å². The topological polar surface area (TPSA) is 76.2 Å². The molecule has 0 aromatic heterocycles. The van der Waals surface area contributed by atoms with Crippen LogP contribution in [-0.4, -0.2) is 95.4 Å². The summed E-state index contributed by atoms with van der Waals surface area (Å²) in [6, 6.07) is 5.60. The Kier molecular flexibility index (Phi) is 8.45. The first-order valence-electron chi connectivity index (χ1n) is 10.1. The minimum atomic E-state index is -3.79. The van der Waals surface area contributed by atoms with Crippen molar-refractivity contribution in [2.24, 2.45) is 0 Å².